The fourth-order valence-corrected chi connectivity index (χ4v) is 3.04. The predicted molar refractivity (Wildman–Crippen MR) is 65.7 cm³/mol. The Kier molecular flexibility index (Phi) is 3.70. The Morgan fingerprint density at radius 2 is 2.47 bits per heavy atom. The first-order valence-electron chi connectivity index (χ1n) is 4.98. The Morgan fingerprint density at radius 3 is 3.13 bits per heavy atom. The minimum atomic E-state index is 0.425. The largest absolute Gasteiger partial charge is 0.355 e. The van der Waals surface area contributed by atoms with E-state index in [0.717, 1.165) is 11.5 Å². The molecular formula is C10H14ClN3S. The van der Waals surface area contributed by atoms with Crippen LogP contribution in [0, 0.1) is 0 Å². The maximum Gasteiger partial charge on any atom is 0.147 e. The van der Waals surface area contributed by atoms with Crippen molar-refractivity contribution in [2.75, 3.05) is 23.5 Å². The molecule has 0 bridgehead atoms. The van der Waals surface area contributed by atoms with Gasteiger partial charge in [0.1, 0.15) is 5.82 Å². The van der Waals surface area contributed by atoms with Gasteiger partial charge in [0.15, 0.2) is 0 Å². The molecule has 5 heteroatoms. The fourth-order valence-electron chi connectivity index (χ4n) is 1.64. The molecule has 2 heterocycles. The third-order valence-electron chi connectivity index (χ3n) is 2.62. The van der Waals surface area contributed by atoms with Gasteiger partial charge in [-0.05, 0) is 12.2 Å². The Morgan fingerprint density at radius 1 is 1.60 bits per heavy atom. The van der Waals surface area contributed by atoms with Crippen LogP contribution in [0.3, 0.4) is 0 Å². The molecule has 1 fully saturated rings. The van der Waals surface area contributed by atoms with Crippen LogP contribution in [0.25, 0.3) is 0 Å². The van der Waals surface area contributed by atoms with Crippen molar-refractivity contribution in [2.45, 2.75) is 18.3 Å². The highest BCUT2D eigenvalue weighted by atomic mass is 35.5. The molecule has 15 heavy (non-hydrogen) atoms. The van der Waals surface area contributed by atoms with Crippen molar-refractivity contribution in [3.8, 4) is 0 Å². The SMILES string of the molecule is CN(c1cncc(CCl)n1)C1CCSC1. The summed E-state index contributed by atoms with van der Waals surface area (Å²) in [6.07, 6.45) is 4.75. The first kappa shape index (κ1) is 11.0. The van der Waals surface area contributed by atoms with Crippen LogP contribution < -0.4 is 4.90 Å². The summed E-state index contributed by atoms with van der Waals surface area (Å²) in [5.41, 5.74) is 0.840. The summed E-state index contributed by atoms with van der Waals surface area (Å²) in [6, 6.07) is 0.592. The quantitative estimate of drug-likeness (QED) is 0.761. The summed E-state index contributed by atoms with van der Waals surface area (Å²) < 4.78 is 0. The Bertz CT molecular complexity index is 328. The van der Waals surface area contributed by atoms with Gasteiger partial charge in [0, 0.05) is 25.0 Å². The van der Waals surface area contributed by atoms with Crippen molar-refractivity contribution in [1.29, 1.82) is 0 Å². The lowest BCUT2D eigenvalue weighted by Gasteiger charge is -2.24. The van der Waals surface area contributed by atoms with Gasteiger partial charge in [0.2, 0.25) is 0 Å². The van der Waals surface area contributed by atoms with Gasteiger partial charge in [-0.3, -0.25) is 4.98 Å². The molecule has 3 nitrogen and oxygen atoms in total. The average molecular weight is 244 g/mol. The van der Waals surface area contributed by atoms with Gasteiger partial charge in [-0.1, -0.05) is 0 Å². The molecule has 1 aliphatic rings. The van der Waals surface area contributed by atoms with Crippen LogP contribution in [0.5, 0.6) is 0 Å². The van der Waals surface area contributed by atoms with E-state index in [2.05, 4.69) is 21.9 Å². The summed E-state index contributed by atoms with van der Waals surface area (Å²) >= 11 is 7.74. The lowest BCUT2D eigenvalue weighted by atomic mass is 10.2. The van der Waals surface area contributed by atoms with Gasteiger partial charge < -0.3 is 4.90 Å². The normalized spacial score (nSPS) is 20.5. The van der Waals surface area contributed by atoms with Gasteiger partial charge in [-0.2, -0.15) is 11.8 Å². The van der Waals surface area contributed by atoms with Crippen LogP contribution in [0.4, 0.5) is 5.82 Å². The maximum atomic E-state index is 5.74. The van der Waals surface area contributed by atoms with Gasteiger partial charge in [0.05, 0.1) is 17.8 Å². The topological polar surface area (TPSA) is 29.0 Å². The van der Waals surface area contributed by atoms with Crippen LogP contribution >= 0.6 is 23.4 Å². The molecule has 0 amide bonds. The number of hydrogen-bond acceptors (Lipinski definition) is 4. The Hall–Kier alpha value is -0.480. The van der Waals surface area contributed by atoms with Gasteiger partial charge in [-0.15, -0.1) is 11.6 Å². The van der Waals surface area contributed by atoms with Crippen LogP contribution in [-0.2, 0) is 5.88 Å². The smallest absolute Gasteiger partial charge is 0.147 e. The third-order valence-corrected chi connectivity index (χ3v) is 4.04. The summed E-state index contributed by atoms with van der Waals surface area (Å²) in [5.74, 6) is 3.79. The minimum absolute atomic E-state index is 0.425. The van der Waals surface area contributed by atoms with Gasteiger partial charge in [-0.25, -0.2) is 4.98 Å². The summed E-state index contributed by atoms with van der Waals surface area (Å²) in [5, 5.41) is 0. The number of rotatable bonds is 3. The number of thioether (sulfide) groups is 1. The molecular weight excluding hydrogens is 230 g/mol. The zero-order valence-corrected chi connectivity index (χ0v) is 10.3. The highest BCUT2D eigenvalue weighted by molar-refractivity contribution is 7.99. The molecule has 1 aromatic rings. The molecule has 82 valence electrons. The van der Waals surface area contributed by atoms with E-state index in [4.69, 9.17) is 11.6 Å². The van der Waals surface area contributed by atoms with Crippen LogP contribution in [-0.4, -0.2) is 34.6 Å². The van der Waals surface area contributed by atoms with Crippen LogP contribution in [0.1, 0.15) is 12.1 Å². The Labute approximate surface area is 99.2 Å². The molecule has 1 aromatic heterocycles. The molecule has 0 N–H and O–H groups in total. The molecule has 2 rings (SSSR count). The van der Waals surface area contributed by atoms with Crippen LogP contribution in [0.15, 0.2) is 12.4 Å². The van der Waals surface area contributed by atoms with E-state index in [1.165, 1.54) is 17.9 Å². The first-order chi connectivity index (χ1) is 7.31. The predicted octanol–water partition coefficient (Wildman–Crippen LogP) is 2.16. The van der Waals surface area contributed by atoms with E-state index < -0.39 is 0 Å². The van der Waals surface area contributed by atoms with Crippen molar-refractivity contribution < 1.29 is 0 Å². The van der Waals surface area contributed by atoms with Gasteiger partial charge >= 0.3 is 0 Å². The number of hydrogen-bond donors (Lipinski definition) is 0. The molecule has 0 aromatic carbocycles. The lowest BCUT2D eigenvalue weighted by Crippen LogP contribution is -2.32. The number of anilines is 1. The zero-order chi connectivity index (χ0) is 10.7. The van der Waals surface area contributed by atoms with Crippen molar-refractivity contribution in [2.24, 2.45) is 0 Å². The molecule has 0 spiro atoms. The number of nitrogens with zero attached hydrogens (tertiary/aromatic N) is 3. The second-order valence-corrected chi connectivity index (χ2v) is 5.05. The molecule has 0 saturated carbocycles. The zero-order valence-electron chi connectivity index (χ0n) is 8.69. The molecule has 0 aliphatic carbocycles. The van der Waals surface area contributed by atoms with E-state index in [0.29, 0.717) is 11.9 Å². The third kappa shape index (κ3) is 2.55. The summed E-state index contributed by atoms with van der Waals surface area (Å²) in [6.45, 7) is 0. The second-order valence-electron chi connectivity index (χ2n) is 3.63. The number of aromatic nitrogens is 2. The number of alkyl halides is 1. The molecule has 1 aliphatic heterocycles. The maximum absolute atomic E-state index is 5.74. The van der Waals surface area contributed by atoms with Gasteiger partial charge in [0.25, 0.3) is 0 Å². The van der Waals surface area contributed by atoms with E-state index in [1.54, 1.807) is 12.4 Å². The van der Waals surface area contributed by atoms with E-state index in [9.17, 15) is 0 Å². The Balaban J connectivity index is 2.13. The monoisotopic (exact) mass is 243 g/mol. The van der Waals surface area contributed by atoms with Crippen molar-refractivity contribution in [3.05, 3.63) is 18.1 Å². The van der Waals surface area contributed by atoms with E-state index in [1.807, 2.05) is 11.8 Å². The molecule has 1 unspecified atom stereocenters. The van der Waals surface area contributed by atoms with Crippen molar-refractivity contribution in [1.82, 2.24) is 9.97 Å². The average Bonchev–Trinajstić information content (AvgIpc) is 2.81. The molecule has 1 saturated heterocycles. The van der Waals surface area contributed by atoms with Crippen molar-refractivity contribution in [3.63, 3.8) is 0 Å². The summed E-state index contributed by atoms with van der Waals surface area (Å²) in [7, 11) is 2.08. The first-order valence-corrected chi connectivity index (χ1v) is 6.67. The summed E-state index contributed by atoms with van der Waals surface area (Å²) in [4.78, 5) is 10.8. The molecule has 0 radical (unpaired) electrons. The highest BCUT2D eigenvalue weighted by Gasteiger charge is 2.21. The standard InChI is InChI=1S/C10H14ClN3S/c1-14(9-2-3-15-7-9)10-6-12-5-8(4-11)13-10/h5-6,9H,2-4,7H2,1H3. The number of halogens is 1. The van der Waals surface area contributed by atoms with E-state index in [-0.39, 0.29) is 0 Å². The van der Waals surface area contributed by atoms with Crippen molar-refractivity contribution >= 4 is 29.2 Å². The van der Waals surface area contributed by atoms with E-state index >= 15 is 0 Å². The molecule has 1 atom stereocenters. The fraction of sp³-hybridized carbons (Fsp3) is 0.600. The lowest BCUT2D eigenvalue weighted by molar-refractivity contribution is 0.688. The minimum Gasteiger partial charge on any atom is -0.355 e. The second kappa shape index (κ2) is 5.03. The van der Waals surface area contributed by atoms with Crippen LogP contribution in [0.2, 0.25) is 0 Å². The highest BCUT2D eigenvalue weighted by Crippen LogP contribution is 2.24.